The van der Waals surface area contributed by atoms with Crippen molar-refractivity contribution in [1.29, 1.82) is 0 Å². The lowest BCUT2D eigenvalue weighted by molar-refractivity contribution is 0.0921. The molecule has 2 fully saturated rings. The zero-order chi connectivity index (χ0) is 48.6. The molecule has 2 saturated heterocycles. The Morgan fingerprint density at radius 3 is 1.96 bits per heavy atom. The molecule has 2 aromatic heterocycles. The lowest BCUT2D eigenvalue weighted by atomic mass is 10.1. The van der Waals surface area contributed by atoms with Gasteiger partial charge in [0, 0.05) is 86.8 Å². The Morgan fingerprint density at radius 1 is 0.771 bits per heavy atom. The molecule has 4 aromatic carbocycles. The summed E-state index contributed by atoms with van der Waals surface area (Å²) in [5, 5.41) is 11.7. The largest absolute Gasteiger partial charge is 0.495 e. The molecule has 18 nitrogen and oxygen atoms in total. The number of para-hydroxylation sites is 2. The van der Waals surface area contributed by atoms with Crippen LogP contribution in [-0.4, -0.2) is 104 Å². The quantitative estimate of drug-likeness (QED) is 0.103. The van der Waals surface area contributed by atoms with Crippen LogP contribution in [0.5, 0.6) is 17.5 Å². The SMILES string of the molecule is COc1cc(N(OCc2cc(Nc3ncc4c(n3)OCN(c3c(F)cccc3Cl)C4=O)ccc2N2CCNC[C@H]2C)c2ncc3c(n2)OCN(c2c(F)cccc2Cl)C3=O)ccc1N1CCNC[C@H]1C. The number of carbonyl (C=O) groups excluding carboxylic acids is 2. The second kappa shape index (κ2) is 19.7. The number of piperazine rings is 2. The fourth-order valence-corrected chi connectivity index (χ4v) is 9.41. The summed E-state index contributed by atoms with van der Waals surface area (Å²) in [5.74, 6) is -1.79. The molecule has 0 radical (unpaired) electrons. The third kappa shape index (κ3) is 8.99. The van der Waals surface area contributed by atoms with Crippen molar-refractivity contribution in [1.82, 2.24) is 30.6 Å². The second-order valence-electron chi connectivity index (χ2n) is 16.8. The molecule has 6 aromatic rings. The van der Waals surface area contributed by atoms with Crippen LogP contribution in [0.25, 0.3) is 0 Å². The van der Waals surface area contributed by atoms with E-state index in [4.69, 9.17) is 47.2 Å². The minimum atomic E-state index is -0.687. The summed E-state index contributed by atoms with van der Waals surface area (Å²) in [6.07, 6.45) is 2.63. The highest BCUT2D eigenvalue weighted by Crippen LogP contribution is 2.40. The van der Waals surface area contributed by atoms with Crippen molar-refractivity contribution in [2.24, 2.45) is 0 Å². The van der Waals surface area contributed by atoms with E-state index in [0.29, 0.717) is 17.1 Å². The van der Waals surface area contributed by atoms with Gasteiger partial charge in [0.1, 0.15) is 46.5 Å². The Balaban J connectivity index is 0.980. The average molecular weight is 996 g/mol. The molecule has 0 saturated carbocycles. The third-order valence-corrected chi connectivity index (χ3v) is 13.0. The highest BCUT2D eigenvalue weighted by Gasteiger charge is 2.35. The molecule has 0 unspecified atom stereocenters. The topological polar surface area (TPSA) is 175 Å². The first-order valence-corrected chi connectivity index (χ1v) is 23.2. The van der Waals surface area contributed by atoms with Crippen LogP contribution >= 0.6 is 23.2 Å². The standard InChI is InChI=1S/C48H46Cl2F2N12O6/c1-27-20-53-14-16-60(27)38-12-10-30(57-47-55-22-32-43(58-47)68-25-62(45(32)65)41-34(49)6-4-8-36(41)51)18-29(38)24-70-64(31-11-13-39(40(19-31)67-3)61-17-15-54-21-28(61)2)48-56-23-33-44(59-48)69-26-63(46(33)66)42-35(50)7-5-9-37(42)52/h4-13,18-19,22-23,27-28,53-54H,14-17,20-21,24-26H2,1-3H3,(H,55,57,58)/t27-,28-/m1/s1. The van der Waals surface area contributed by atoms with Gasteiger partial charge in [-0.2, -0.15) is 15.0 Å². The molecule has 3 N–H and O–H groups in total. The van der Waals surface area contributed by atoms with E-state index in [-0.39, 0.29) is 88.4 Å². The number of ether oxygens (including phenoxy) is 3. The van der Waals surface area contributed by atoms with E-state index in [0.717, 1.165) is 66.0 Å². The minimum absolute atomic E-state index is 0.00497. The summed E-state index contributed by atoms with van der Waals surface area (Å²) in [5.41, 5.74) is 3.45. The first-order chi connectivity index (χ1) is 34.0. The summed E-state index contributed by atoms with van der Waals surface area (Å²) in [4.78, 5) is 59.1. The Labute approximate surface area is 411 Å². The van der Waals surface area contributed by atoms with Gasteiger partial charge in [0.2, 0.25) is 17.7 Å². The molecule has 0 spiro atoms. The number of amides is 2. The first kappa shape index (κ1) is 46.6. The van der Waals surface area contributed by atoms with E-state index in [9.17, 15) is 14.0 Å². The van der Waals surface area contributed by atoms with Crippen LogP contribution in [0.4, 0.5) is 54.8 Å². The number of benzene rings is 4. The van der Waals surface area contributed by atoms with Crippen molar-refractivity contribution in [2.75, 3.05) is 89.8 Å². The molecule has 0 aliphatic carbocycles. The molecular weight excluding hydrogens is 950 g/mol. The average Bonchev–Trinajstić information content (AvgIpc) is 3.36. The van der Waals surface area contributed by atoms with E-state index < -0.39 is 23.4 Å². The van der Waals surface area contributed by atoms with Crippen molar-refractivity contribution in [3.8, 4) is 17.5 Å². The van der Waals surface area contributed by atoms with E-state index in [1.165, 1.54) is 53.9 Å². The lowest BCUT2D eigenvalue weighted by Gasteiger charge is -2.37. The monoisotopic (exact) mass is 994 g/mol. The Morgan fingerprint density at radius 2 is 1.36 bits per heavy atom. The molecule has 0 bridgehead atoms. The van der Waals surface area contributed by atoms with Crippen LogP contribution in [0.3, 0.4) is 0 Å². The van der Waals surface area contributed by atoms with Gasteiger partial charge in [-0.15, -0.1) is 0 Å². The normalized spacial score (nSPS) is 17.9. The Bertz CT molecular complexity index is 2950. The zero-order valence-corrected chi connectivity index (χ0v) is 39.6. The highest BCUT2D eigenvalue weighted by molar-refractivity contribution is 6.34. The van der Waals surface area contributed by atoms with Gasteiger partial charge in [0.05, 0.1) is 28.5 Å². The van der Waals surface area contributed by atoms with Crippen molar-refractivity contribution in [2.45, 2.75) is 32.5 Å². The fourth-order valence-electron chi connectivity index (χ4n) is 8.88. The first-order valence-electron chi connectivity index (χ1n) is 22.4. The molecule has 2 amide bonds. The second-order valence-corrected chi connectivity index (χ2v) is 17.7. The molecule has 4 aliphatic rings. The van der Waals surface area contributed by atoms with Crippen LogP contribution in [0.1, 0.15) is 40.1 Å². The minimum Gasteiger partial charge on any atom is -0.495 e. The van der Waals surface area contributed by atoms with Crippen molar-refractivity contribution >= 4 is 81.0 Å². The Hall–Kier alpha value is -7.10. The van der Waals surface area contributed by atoms with Gasteiger partial charge >= 0.3 is 0 Å². The number of hydrogen-bond acceptors (Lipinski definition) is 16. The summed E-state index contributed by atoms with van der Waals surface area (Å²) < 4.78 is 47.6. The summed E-state index contributed by atoms with van der Waals surface area (Å²) in [6, 6.07) is 20.1. The zero-order valence-electron chi connectivity index (χ0n) is 38.1. The molecule has 4 aliphatic heterocycles. The summed E-state index contributed by atoms with van der Waals surface area (Å²) in [7, 11) is 1.61. The van der Waals surface area contributed by atoms with Gasteiger partial charge in [-0.05, 0) is 68.4 Å². The van der Waals surface area contributed by atoms with Crippen molar-refractivity contribution in [3.63, 3.8) is 0 Å². The van der Waals surface area contributed by atoms with Gasteiger partial charge in [-0.1, -0.05) is 35.3 Å². The van der Waals surface area contributed by atoms with E-state index in [2.05, 4.69) is 54.5 Å². The number of hydrogen-bond donors (Lipinski definition) is 3. The molecule has 10 rings (SSSR count). The van der Waals surface area contributed by atoms with Crippen molar-refractivity contribution in [3.05, 3.63) is 124 Å². The number of methoxy groups -OCH3 is 1. The number of aromatic nitrogens is 4. The van der Waals surface area contributed by atoms with Gasteiger partial charge in [0.25, 0.3) is 17.8 Å². The lowest BCUT2D eigenvalue weighted by Crippen LogP contribution is -2.50. The number of nitrogens with one attached hydrogen (secondary N) is 3. The molecule has 22 heteroatoms. The van der Waals surface area contributed by atoms with Crippen LogP contribution in [0.2, 0.25) is 10.0 Å². The smallest absolute Gasteiger partial charge is 0.268 e. The predicted molar refractivity (Wildman–Crippen MR) is 260 cm³/mol. The van der Waals surface area contributed by atoms with E-state index in [1.807, 2.05) is 36.4 Å². The van der Waals surface area contributed by atoms with Crippen LogP contribution < -0.4 is 54.8 Å². The summed E-state index contributed by atoms with van der Waals surface area (Å²) >= 11 is 12.6. The number of rotatable bonds is 12. The van der Waals surface area contributed by atoms with Gasteiger partial charge in [-0.3, -0.25) is 24.2 Å². The maximum absolute atomic E-state index is 15.0. The number of nitrogens with zero attached hydrogens (tertiary/aromatic N) is 9. The van der Waals surface area contributed by atoms with Gasteiger partial charge in [0.15, 0.2) is 13.5 Å². The highest BCUT2D eigenvalue weighted by atomic mass is 35.5. The molecule has 2 atom stereocenters. The number of fused-ring (bicyclic) bond motifs is 2. The molecule has 70 heavy (non-hydrogen) atoms. The van der Waals surface area contributed by atoms with Crippen LogP contribution in [-0.2, 0) is 11.4 Å². The van der Waals surface area contributed by atoms with Gasteiger partial charge in [-0.25, -0.2) is 18.7 Å². The predicted octanol–water partition coefficient (Wildman–Crippen LogP) is 7.46. The molecule has 362 valence electrons. The molecule has 6 heterocycles. The molecular formula is C48H46Cl2F2N12O6. The maximum atomic E-state index is 15.0. The summed E-state index contributed by atoms with van der Waals surface area (Å²) in [6.45, 7) is 8.20. The van der Waals surface area contributed by atoms with Gasteiger partial charge < -0.3 is 40.0 Å². The van der Waals surface area contributed by atoms with E-state index >= 15 is 4.39 Å². The third-order valence-electron chi connectivity index (χ3n) is 12.4. The number of anilines is 8. The van der Waals surface area contributed by atoms with Crippen LogP contribution in [0, 0.1) is 11.6 Å². The fraction of sp³-hybridized carbons (Fsp3) is 0.292. The number of halogens is 4. The van der Waals surface area contributed by atoms with Crippen molar-refractivity contribution < 1.29 is 37.4 Å². The van der Waals surface area contributed by atoms with Crippen LogP contribution in [0.15, 0.2) is 85.2 Å². The van der Waals surface area contributed by atoms with E-state index in [1.54, 1.807) is 7.11 Å². The maximum Gasteiger partial charge on any atom is 0.268 e. The Kier molecular flexibility index (Phi) is 13.1. The number of carbonyl (C=O) groups is 2.